The normalized spacial score (nSPS) is 14.5. The molecule has 148 valence electrons. The van der Waals surface area contributed by atoms with Crippen molar-refractivity contribution in [3.05, 3.63) is 41.5 Å². The Balaban J connectivity index is 1.60. The lowest BCUT2D eigenvalue weighted by Crippen LogP contribution is -2.14. The van der Waals surface area contributed by atoms with Gasteiger partial charge in [0.25, 0.3) is 10.0 Å². The minimum Gasteiger partial charge on any atom is -0.311 e. The van der Waals surface area contributed by atoms with Crippen LogP contribution in [-0.4, -0.2) is 33.0 Å². The number of aromatic nitrogens is 5. The molecule has 0 aliphatic carbocycles. The molecule has 9 heteroatoms. The number of sulfonamides is 1. The zero-order valence-electron chi connectivity index (χ0n) is 16.3. The second-order valence-corrected chi connectivity index (χ2v) is 8.83. The maximum absolute atomic E-state index is 12.8. The molecule has 0 radical (unpaired) electrons. The van der Waals surface area contributed by atoms with E-state index in [0.717, 1.165) is 43.0 Å². The summed E-state index contributed by atoms with van der Waals surface area (Å²) in [6.07, 6.45) is 4.43. The van der Waals surface area contributed by atoms with E-state index >= 15 is 0 Å². The van der Waals surface area contributed by atoms with Crippen LogP contribution in [0.1, 0.15) is 36.5 Å². The Labute approximate surface area is 164 Å². The van der Waals surface area contributed by atoms with Crippen molar-refractivity contribution < 1.29 is 8.42 Å². The van der Waals surface area contributed by atoms with Gasteiger partial charge in [0.05, 0.1) is 11.4 Å². The number of benzene rings is 1. The number of anilines is 1. The Morgan fingerprint density at radius 1 is 1.04 bits per heavy atom. The highest BCUT2D eigenvalue weighted by Gasteiger charge is 2.24. The maximum atomic E-state index is 12.8. The molecule has 1 aliphatic rings. The summed E-state index contributed by atoms with van der Waals surface area (Å²) < 4.78 is 32.0. The fourth-order valence-electron chi connectivity index (χ4n) is 3.74. The maximum Gasteiger partial charge on any atom is 0.265 e. The summed E-state index contributed by atoms with van der Waals surface area (Å²) in [5.41, 5.74) is 2.52. The highest BCUT2D eigenvalue weighted by atomic mass is 32.2. The van der Waals surface area contributed by atoms with Crippen LogP contribution in [0.15, 0.2) is 29.2 Å². The summed E-state index contributed by atoms with van der Waals surface area (Å²) in [5, 5.41) is 12.9. The molecule has 1 aromatic carbocycles. The molecule has 0 amide bonds. The quantitative estimate of drug-likeness (QED) is 0.727. The number of hydrogen-bond acceptors (Lipinski definition) is 5. The molecular weight excluding hydrogens is 376 g/mol. The Morgan fingerprint density at radius 2 is 1.79 bits per heavy atom. The van der Waals surface area contributed by atoms with Crippen molar-refractivity contribution in [2.45, 2.75) is 51.0 Å². The van der Waals surface area contributed by atoms with Gasteiger partial charge in [-0.3, -0.25) is 9.40 Å². The van der Waals surface area contributed by atoms with Crippen LogP contribution in [0.3, 0.4) is 0 Å². The molecule has 4 rings (SSSR count). The van der Waals surface area contributed by atoms with Crippen molar-refractivity contribution >= 4 is 15.7 Å². The Kier molecular flexibility index (Phi) is 4.70. The van der Waals surface area contributed by atoms with E-state index in [1.165, 1.54) is 6.42 Å². The van der Waals surface area contributed by atoms with E-state index in [1.807, 2.05) is 12.1 Å². The van der Waals surface area contributed by atoms with E-state index in [1.54, 1.807) is 37.7 Å². The number of fused-ring (bicyclic) bond motifs is 1. The zero-order valence-corrected chi connectivity index (χ0v) is 17.1. The zero-order chi connectivity index (χ0) is 19.9. The van der Waals surface area contributed by atoms with Crippen molar-refractivity contribution in [3.63, 3.8) is 0 Å². The minimum atomic E-state index is -3.71. The molecule has 8 nitrogen and oxygen atoms in total. The lowest BCUT2D eigenvalue weighted by molar-refractivity contribution is 0.599. The fourth-order valence-corrected chi connectivity index (χ4v) is 5.23. The highest BCUT2D eigenvalue weighted by Crippen LogP contribution is 2.26. The first-order valence-corrected chi connectivity index (χ1v) is 10.9. The largest absolute Gasteiger partial charge is 0.311 e. The van der Waals surface area contributed by atoms with Gasteiger partial charge in [0.15, 0.2) is 5.82 Å². The Morgan fingerprint density at radius 3 is 2.46 bits per heavy atom. The molecule has 2 aromatic heterocycles. The SMILES string of the molecule is Cc1nn(C)c(C)c1S(=O)(=O)Nc1ccc(-c2nnc3n2CCCCC3)cc1. The first kappa shape index (κ1) is 18.7. The molecule has 0 atom stereocenters. The van der Waals surface area contributed by atoms with Crippen LogP contribution < -0.4 is 4.72 Å². The number of nitrogens with zero attached hydrogens (tertiary/aromatic N) is 5. The highest BCUT2D eigenvalue weighted by molar-refractivity contribution is 7.92. The summed E-state index contributed by atoms with van der Waals surface area (Å²) in [5.74, 6) is 1.87. The molecule has 0 spiro atoms. The van der Waals surface area contributed by atoms with E-state index in [4.69, 9.17) is 0 Å². The number of rotatable bonds is 4. The lowest BCUT2D eigenvalue weighted by atomic mass is 10.2. The summed E-state index contributed by atoms with van der Waals surface area (Å²) in [4.78, 5) is 0.224. The van der Waals surface area contributed by atoms with Crippen LogP contribution in [0.25, 0.3) is 11.4 Å². The minimum absolute atomic E-state index is 0.224. The van der Waals surface area contributed by atoms with Crippen molar-refractivity contribution in [3.8, 4) is 11.4 Å². The second-order valence-electron chi connectivity index (χ2n) is 7.21. The van der Waals surface area contributed by atoms with Crippen molar-refractivity contribution in [1.82, 2.24) is 24.5 Å². The summed E-state index contributed by atoms with van der Waals surface area (Å²) in [6.45, 7) is 4.36. The number of aryl methyl sites for hydroxylation is 3. The van der Waals surface area contributed by atoms with Gasteiger partial charge in [-0.25, -0.2) is 8.42 Å². The predicted octanol–water partition coefficient (Wildman–Crippen LogP) is 2.82. The van der Waals surface area contributed by atoms with E-state index in [2.05, 4.69) is 24.6 Å². The third-order valence-electron chi connectivity index (χ3n) is 5.22. The van der Waals surface area contributed by atoms with E-state index in [0.29, 0.717) is 17.1 Å². The Hall–Kier alpha value is -2.68. The molecule has 1 N–H and O–H groups in total. The molecule has 0 saturated carbocycles. The van der Waals surface area contributed by atoms with Crippen LogP contribution >= 0.6 is 0 Å². The van der Waals surface area contributed by atoms with Gasteiger partial charge in [-0.05, 0) is 51.0 Å². The molecule has 0 unspecified atom stereocenters. The van der Waals surface area contributed by atoms with E-state index in [9.17, 15) is 8.42 Å². The predicted molar refractivity (Wildman–Crippen MR) is 107 cm³/mol. The van der Waals surface area contributed by atoms with Crippen LogP contribution in [0.5, 0.6) is 0 Å². The molecule has 0 fully saturated rings. The van der Waals surface area contributed by atoms with Crippen LogP contribution in [0.4, 0.5) is 5.69 Å². The van der Waals surface area contributed by atoms with Gasteiger partial charge in [0.2, 0.25) is 0 Å². The van der Waals surface area contributed by atoms with Crippen LogP contribution in [0.2, 0.25) is 0 Å². The van der Waals surface area contributed by atoms with Gasteiger partial charge >= 0.3 is 0 Å². The third-order valence-corrected chi connectivity index (χ3v) is 6.85. The monoisotopic (exact) mass is 400 g/mol. The van der Waals surface area contributed by atoms with Crippen molar-refractivity contribution in [2.24, 2.45) is 7.05 Å². The fraction of sp³-hybridized carbons (Fsp3) is 0.421. The molecular formula is C19H24N6O2S. The first-order valence-electron chi connectivity index (χ1n) is 9.42. The third kappa shape index (κ3) is 3.30. The summed E-state index contributed by atoms with van der Waals surface area (Å²) in [6, 6.07) is 7.27. The summed E-state index contributed by atoms with van der Waals surface area (Å²) in [7, 11) is -1.97. The molecule has 3 heterocycles. The second kappa shape index (κ2) is 7.05. The lowest BCUT2D eigenvalue weighted by Gasteiger charge is -2.10. The molecule has 28 heavy (non-hydrogen) atoms. The average molecular weight is 401 g/mol. The standard InChI is InChI=1S/C19H24N6O2S/c1-13-18(14(2)24(3)22-13)28(26,27)23-16-10-8-15(9-11-16)19-21-20-17-7-5-4-6-12-25(17)19/h8-11,23H,4-7,12H2,1-3H3. The molecule has 0 saturated heterocycles. The van der Waals surface area contributed by atoms with Gasteiger partial charge in [0, 0.05) is 31.3 Å². The first-order chi connectivity index (χ1) is 13.4. The number of nitrogens with one attached hydrogen (secondary N) is 1. The van der Waals surface area contributed by atoms with Gasteiger partial charge in [0.1, 0.15) is 10.7 Å². The van der Waals surface area contributed by atoms with E-state index < -0.39 is 10.0 Å². The van der Waals surface area contributed by atoms with Gasteiger partial charge in [-0.2, -0.15) is 5.10 Å². The van der Waals surface area contributed by atoms with Crippen molar-refractivity contribution in [2.75, 3.05) is 4.72 Å². The molecule has 1 aliphatic heterocycles. The topological polar surface area (TPSA) is 94.7 Å². The Bertz CT molecular complexity index is 1110. The van der Waals surface area contributed by atoms with Gasteiger partial charge in [-0.15, -0.1) is 10.2 Å². The van der Waals surface area contributed by atoms with Crippen LogP contribution in [-0.2, 0) is 30.0 Å². The van der Waals surface area contributed by atoms with Crippen LogP contribution in [0, 0.1) is 13.8 Å². The number of hydrogen-bond donors (Lipinski definition) is 1. The summed E-state index contributed by atoms with van der Waals surface area (Å²) >= 11 is 0. The van der Waals surface area contributed by atoms with Crippen molar-refractivity contribution in [1.29, 1.82) is 0 Å². The smallest absolute Gasteiger partial charge is 0.265 e. The molecule has 0 bridgehead atoms. The van der Waals surface area contributed by atoms with Gasteiger partial charge < -0.3 is 4.57 Å². The molecule has 3 aromatic rings. The van der Waals surface area contributed by atoms with Gasteiger partial charge in [-0.1, -0.05) is 6.42 Å². The van der Waals surface area contributed by atoms with E-state index in [-0.39, 0.29) is 4.90 Å². The average Bonchev–Trinajstić information content (AvgIpc) is 3.05.